The molecule has 0 unspecified atom stereocenters. The number of hydrogen-bond acceptors (Lipinski definition) is 4. The maximum absolute atomic E-state index is 12.2. The highest BCUT2D eigenvalue weighted by atomic mass is 16.5. The van der Waals surface area contributed by atoms with Crippen molar-refractivity contribution >= 4 is 5.91 Å². The smallest absolute Gasteiger partial charge is 0.258 e. The number of carbonyl (C=O) groups is 1. The first-order valence-corrected chi connectivity index (χ1v) is 6.11. The molecule has 5 nitrogen and oxygen atoms in total. The Morgan fingerprint density at radius 3 is 2.00 bits per heavy atom. The second-order valence-electron chi connectivity index (χ2n) is 4.51. The van der Waals surface area contributed by atoms with Gasteiger partial charge in [0.25, 0.3) is 5.91 Å². The highest BCUT2D eigenvalue weighted by Gasteiger charge is 2.20. The van der Waals surface area contributed by atoms with Gasteiger partial charge in [-0.3, -0.25) is 4.79 Å². The Labute approximate surface area is 113 Å². The minimum Gasteiger partial charge on any atom is -0.496 e. The molecule has 1 rings (SSSR count). The number of amides is 1. The second-order valence-corrected chi connectivity index (χ2v) is 4.51. The fraction of sp³-hybridized carbons (Fsp3) is 0.500. The van der Waals surface area contributed by atoms with Crippen LogP contribution in [0, 0.1) is 5.92 Å². The first-order valence-electron chi connectivity index (χ1n) is 6.11. The number of methoxy groups -OCH3 is 3. The average molecular weight is 267 g/mol. The molecule has 1 aromatic rings. The van der Waals surface area contributed by atoms with Gasteiger partial charge < -0.3 is 19.5 Å². The Kier molecular flexibility index (Phi) is 5.48. The first kappa shape index (κ1) is 15.1. The van der Waals surface area contributed by atoms with Crippen molar-refractivity contribution in [3.63, 3.8) is 0 Å². The van der Waals surface area contributed by atoms with Crippen molar-refractivity contribution in [1.82, 2.24) is 5.32 Å². The summed E-state index contributed by atoms with van der Waals surface area (Å²) >= 11 is 0. The summed E-state index contributed by atoms with van der Waals surface area (Å²) in [5, 5.41) is 2.85. The molecule has 0 saturated carbocycles. The summed E-state index contributed by atoms with van der Waals surface area (Å²) in [4.78, 5) is 12.2. The third kappa shape index (κ3) is 3.77. The lowest BCUT2D eigenvalue weighted by Crippen LogP contribution is -2.28. The molecule has 19 heavy (non-hydrogen) atoms. The molecule has 0 heterocycles. The van der Waals surface area contributed by atoms with Gasteiger partial charge in [-0.2, -0.15) is 0 Å². The number of benzene rings is 1. The van der Waals surface area contributed by atoms with Crippen molar-refractivity contribution < 1.29 is 19.0 Å². The molecule has 106 valence electrons. The Morgan fingerprint density at radius 2 is 1.63 bits per heavy atom. The van der Waals surface area contributed by atoms with E-state index in [2.05, 4.69) is 5.32 Å². The van der Waals surface area contributed by atoms with Crippen LogP contribution in [-0.2, 0) is 0 Å². The fourth-order valence-corrected chi connectivity index (χ4v) is 1.61. The third-order valence-corrected chi connectivity index (χ3v) is 2.61. The Bertz CT molecular complexity index is 418. The van der Waals surface area contributed by atoms with Gasteiger partial charge in [-0.1, -0.05) is 13.8 Å². The number of nitrogens with one attached hydrogen (secondary N) is 1. The van der Waals surface area contributed by atoms with Gasteiger partial charge in [0.2, 0.25) is 0 Å². The molecule has 5 heteroatoms. The Hall–Kier alpha value is -1.91. The van der Waals surface area contributed by atoms with Gasteiger partial charge in [-0.05, 0) is 5.92 Å². The highest BCUT2D eigenvalue weighted by Crippen LogP contribution is 2.33. The van der Waals surface area contributed by atoms with E-state index in [0.717, 1.165) is 0 Å². The lowest BCUT2D eigenvalue weighted by atomic mass is 10.1. The summed E-state index contributed by atoms with van der Waals surface area (Å²) < 4.78 is 15.6. The molecular formula is C14H21NO4. The van der Waals surface area contributed by atoms with Gasteiger partial charge in [-0.25, -0.2) is 0 Å². The lowest BCUT2D eigenvalue weighted by molar-refractivity contribution is 0.0942. The molecule has 0 fully saturated rings. The zero-order valence-electron chi connectivity index (χ0n) is 12.1. The predicted molar refractivity (Wildman–Crippen MR) is 73.3 cm³/mol. The van der Waals surface area contributed by atoms with E-state index >= 15 is 0 Å². The van der Waals surface area contributed by atoms with Crippen LogP contribution in [0.25, 0.3) is 0 Å². The van der Waals surface area contributed by atoms with Crippen molar-refractivity contribution in [3.8, 4) is 17.2 Å². The maximum Gasteiger partial charge on any atom is 0.258 e. The zero-order valence-corrected chi connectivity index (χ0v) is 12.1. The molecule has 0 aliphatic carbocycles. The van der Waals surface area contributed by atoms with Crippen molar-refractivity contribution in [2.24, 2.45) is 5.92 Å². The van der Waals surface area contributed by atoms with Gasteiger partial charge in [0.15, 0.2) is 0 Å². The van der Waals surface area contributed by atoms with Crippen molar-refractivity contribution in [3.05, 3.63) is 17.7 Å². The van der Waals surface area contributed by atoms with Crippen LogP contribution in [0.5, 0.6) is 17.2 Å². The SMILES string of the molecule is COc1cc(OC)c(C(=O)NCC(C)C)c(OC)c1. The molecule has 1 N–H and O–H groups in total. The van der Waals surface area contributed by atoms with E-state index in [1.165, 1.54) is 14.2 Å². The normalized spacial score (nSPS) is 10.2. The molecule has 0 aromatic heterocycles. The predicted octanol–water partition coefficient (Wildman–Crippen LogP) is 2.10. The van der Waals surface area contributed by atoms with E-state index < -0.39 is 0 Å². The summed E-state index contributed by atoms with van der Waals surface area (Å²) in [5.74, 6) is 1.59. The molecular weight excluding hydrogens is 246 g/mol. The van der Waals surface area contributed by atoms with E-state index in [1.54, 1.807) is 19.2 Å². The van der Waals surface area contributed by atoms with E-state index in [4.69, 9.17) is 14.2 Å². The Morgan fingerprint density at radius 1 is 1.11 bits per heavy atom. The van der Waals surface area contributed by atoms with Gasteiger partial charge in [0.1, 0.15) is 22.8 Å². The van der Waals surface area contributed by atoms with Crippen LogP contribution in [0.3, 0.4) is 0 Å². The first-order chi connectivity index (χ1) is 9.03. The third-order valence-electron chi connectivity index (χ3n) is 2.61. The lowest BCUT2D eigenvalue weighted by Gasteiger charge is -2.15. The standard InChI is InChI=1S/C14H21NO4/c1-9(2)8-15-14(16)13-11(18-4)6-10(17-3)7-12(13)19-5/h6-7,9H,8H2,1-5H3,(H,15,16). The second kappa shape index (κ2) is 6.87. The molecule has 0 aliphatic rings. The van der Waals surface area contributed by atoms with Gasteiger partial charge in [0, 0.05) is 18.7 Å². The summed E-state index contributed by atoms with van der Waals surface area (Å²) in [6.45, 7) is 4.66. The largest absolute Gasteiger partial charge is 0.496 e. The molecule has 0 atom stereocenters. The van der Waals surface area contributed by atoms with Crippen LogP contribution < -0.4 is 19.5 Å². The van der Waals surface area contributed by atoms with Crippen LogP contribution in [-0.4, -0.2) is 33.8 Å². The van der Waals surface area contributed by atoms with Gasteiger partial charge in [-0.15, -0.1) is 0 Å². The van der Waals surface area contributed by atoms with E-state index in [9.17, 15) is 4.79 Å². The molecule has 1 amide bonds. The summed E-state index contributed by atoms with van der Waals surface area (Å²) in [6, 6.07) is 3.32. The number of ether oxygens (including phenoxy) is 3. The van der Waals surface area contributed by atoms with E-state index in [0.29, 0.717) is 35.3 Å². The van der Waals surface area contributed by atoms with Crippen LogP contribution >= 0.6 is 0 Å². The quantitative estimate of drug-likeness (QED) is 0.857. The van der Waals surface area contributed by atoms with Crippen molar-refractivity contribution in [2.75, 3.05) is 27.9 Å². The van der Waals surface area contributed by atoms with Gasteiger partial charge in [0.05, 0.1) is 21.3 Å². The summed E-state index contributed by atoms with van der Waals surface area (Å²) in [6.07, 6.45) is 0. The maximum atomic E-state index is 12.2. The topological polar surface area (TPSA) is 56.8 Å². The molecule has 0 aliphatic heterocycles. The monoisotopic (exact) mass is 267 g/mol. The number of carbonyl (C=O) groups excluding carboxylic acids is 1. The van der Waals surface area contributed by atoms with Crippen LogP contribution in [0.15, 0.2) is 12.1 Å². The fourth-order valence-electron chi connectivity index (χ4n) is 1.61. The van der Waals surface area contributed by atoms with Gasteiger partial charge >= 0.3 is 0 Å². The number of rotatable bonds is 6. The summed E-state index contributed by atoms with van der Waals surface area (Å²) in [7, 11) is 4.56. The zero-order chi connectivity index (χ0) is 14.4. The average Bonchev–Trinajstić information content (AvgIpc) is 2.42. The highest BCUT2D eigenvalue weighted by molar-refractivity contribution is 6.00. The van der Waals surface area contributed by atoms with Crippen LogP contribution in [0.1, 0.15) is 24.2 Å². The van der Waals surface area contributed by atoms with Crippen molar-refractivity contribution in [2.45, 2.75) is 13.8 Å². The van der Waals surface area contributed by atoms with E-state index in [1.807, 2.05) is 13.8 Å². The molecule has 0 spiro atoms. The van der Waals surface area contributed by atoms with Crippen LogP contribution in [0.4, 0.5) is 0 Å². The molecule has 1 aromatic carbocycles. The molecule has 0 saturated heterocycles. The van der Waals surface area contributed by atoms with Crippen LogP contribution in [0.2, 0.25) is 0 Å². The van der Waals surface area contributed by atoms with Crippen molar-refractivity contribution in [1.29, 1.82) is 0 Å². The Balaban J connectivity index is 3.12. The summed E-state index contributed by atoms with van der Waals surface area (Å²) in [5.41, 5.74) is 0.381. The van der Waals surface area contributed by atoms with E-state index in [-0.39, 0.29) is 5.91 Å². The number of hydrogen-bond donors (Lipinski definition) is 1. The minimum absolute atomic E-state index is 0.218. The molecule has 0 bridgehead atoms. The minimum atomic E-state index is -0.218. The molecule has 0 radical (unpaired) electrons.